The minimum absolute atomic E-state index is 0.109. The molecule has 1 amide bonds. The van der Waals surface area contributed by atoms with Crippen molar-refractivity contribution in [2.75, 3.05) is 26.2 Å². The molecule has 0 spiro atoms. The van der Waals surface area contributed by atoms with Crippen LogP contribution in [0, 0.1) is 5.92 Å². The average Bonchev–Trinajstić information content (AvgIpc) is 1.84. The van der Waals surface area contributed by atoms with Crippen LogP contribution < -0.4 is 10.6 Å². The number of rotatable bonds is 4. The van der Waals surface area contributed by atoms with Crippen LogP contribution in [0.2, 0.25) is 0 Å². The zero-order valence-electron chi connectivity index (χ0n) is 6.47. The van der Waals surface area contributed by atoms with Crippen LogP contribution in [0.4, 0.5) is 0 Å². The number of hydrogen-bond acceptors (Lipinski definition) is 3. The van der Waals surface area contributed by atoms with Crippen molar-refractivity contribution in [3.8, 4) is 0 Å². The summed E-state index contributed by atoms with van der Waals surface area (Å²) in [7, 11) is 0. The maximum atomic E-state index is 11.1. The number of carbonyl (C=O) groups is 1. The molecule has 0 aliphatic carbocycles. The molecule has 1 aliphatic heterocycles. The molecule has 0 bridgehead atoms. The number of aliphatic hydroxyl groups excluding tert-OH is 1. The van der Waals surface area contributed by atoms with E-state index in [1.165, 1.54) is 0 Å². The second kappa shape index (κ2) is 4.31. The number of hydrogen-bond donors (Lipinski definition) is 3. The van der Waals surface area contributed by atoms with Gasteiger partial charge in [0.05, 0.1) is 5.92 Å². The van der Waals surface area contributed by atoms with E-state index < -0.39 is 0 Å². The normalized spacial score (nSPS) is 17.5. The van der Waals surface area contributed by atoms with Crippen LogP contribution in [0.25, 0.3) is 0 Å². The maximum Gasteiger partial charge on any atom is 0.225 e. The number of aliphatic hydroxyl groups is 1. The Hall–Kier alpha value is -0.610. The Morgan fingerprint density at radius 3 is 2.82 bits per heavy atom. The van der Waals surface area contributed by atoms with E-state index in [0.29, 0.717) is 13.0 Å². The van der Waals surface area contributed by atoms with E-state index in [-0.39, 0.29) is 18.4 Å². The molecule has 4 nitrogen and oxygen atoms in total. The van der Waals surface area contributed by atoms with Crippen molar-refractivity contribution in [1.82, 2.24) is 10.6 Å². The van der Waals surface area contributed by atoms with Gasteiger partial charge in [0.15, 0.2) is 0 Å². The van der Waals surface area contributed by atoms with Gasteiger partial charge in [-0.2, -0.15) is 0 Å². The Morgan fingerprint density at radius 2 is 2.36 bits per heavy atom. The molecule has 11 heavy (non-hydrogen) atoms. The lowest BCUT2D eigenvalue weighted by molar-refractivity contribution is -0.126. The first-order chi connectivity index (χ1) is 5.34. The molecule has 0 aromatic rings. The molecule has 1 fully saturated rings. The third-order valence-electron chi connectivity index (χ3n) is 1.79. The average molecular weight is 158 g/mol. The predicted molar refractivity (Wildman–Crippen MR) is 41.1 cm³/mol. The highest BCUT2D eigenvalue weighted by molar-refractivity contribution is 5.79. The first-order valence-electron chi connectivity index (χ1n) is 3.94. The van der Waals surface area contributed by atoms with E-state index in [9.17, 15) is 4.79 Å². The molecule has 1 aliphatic rings. The van der Waals surface area contributed by atoms with Crippen molar-refractivity contribution in [2.24, 2.45) is 5.92 Å². The lowest BCUT2D eigenvalue weighted by Gasteiger charge is -2.25. The molecule has 0 atom stereocenters. The summed E-state index contributed by atoms with van der Waals surface area (Å²) < 4.78 is 0. The third kappa shape index (κ3) is 2.48. The van der Waals surface area contributed by atoms with Crippen LogP contribution >= 0.6 is 0 Å². The SMILES string of the molecule is O=C(NCCCO)C1CNC1. The summed E-state index contributed by atoms with van der Waals surface area (Å²) in [6.07, 6.45) is 0.645. The van der Waals surface area contributed by atoms with Crippen LogP contribution in [0.3, 0.4) is 0 Å². The standard InChI is InChI=1S/C7H14N2O2/c10-3-1-2-9-7(11)6-4-8-5-6/h6,8,10H,1-5H2,(H,9,11). The Morgan fingerprint density at radius 1 is 1.64 bits per heavy atom. The van der Waals surface area contributed by atoms with Crippen LogP contribution in [0.15, 0.2) is 0 Å². The second-order valence-electron chi connectivity index (χ2n) is 2.72. The fourth-order valence-corrected chi connectivity index (χ4v) is 0.909. The third-order valence-corrected chi connectivity index (χ3v) is 1.79. The largest absolute Gasteiger partial charge is 0.396 e. The molecule has 3 N–H and O–H groups in total. The van der Waals surface area contributed by atoms with Crippen molar-refractivity contribution in [3.05, 3.63) is 0 Å². The smallest absolute Gasteiger partial charge is 0.225 e. The molecule has 0 aromatic heterocycles. The highest BCUT2D eigenvalue weighted by Gasteiger charge is 2.23. The predicted octanol–water partition coefficient (Wildman–Crippen LogP) is -1.30. The summed E-state index contributed by atoms with van der Waals surface area (Å²) in [4.78, 5) is 11.1. The zero-order valence-corrected chi connectivity index (χ0v) is 6.47. The molecule has 1 rings (SSSR count). The zero-order chi connectivity index (χ0) is 8.10. The van der Waals surface area contributed by atoms with Gasteiger partial charge in [0, 0.05) is 26.2 Å². The number of carbonyl (C=O) groups excluding carboxylic acids is 1. The minimum Gasteiger partial charge on any atom is -0.396 e. The topological polar surface area (TPSA) is 61.4 Å². The van der Waals surface area contributed by atoms with E-state index in [1.807, 2.05) is 0 Å². The fourth-order valence-electron chi connectivity index (χ4n) is 0.909. The molecule has 64 valence electrons. The Balaban J connectivity index is 2.01. The first kappa shape index (κ1) is 8.49. The van der Waals surface area contributed by atoms with Gasteiger partial charge in [-0.15, -0.1) is 0 Å². The number of nitrogens with one attached hydrogen (secondary N) is 2. The van der Waals surface area contributed by atoms with Crippen LogP contribution in [0.5, 0.6) is 0 Å². The van der Waals surface area contributed by atoms with Crippen LogP contribution in [-0.2, 0) is 4.79 Å². The van der Waals surface area contributed by atoms with E-state index in [0.717, 1.165) is 13.1 Å². The van der Waals surface area contributed by atoms with Crippen LogP contribution in [-0.4, -0.2) is 37.3 Å². The summed E-state index contributed by atoms with van der Waals surface area (Å²) in [5.74, 6) is 0.269. The summed E-state index contributed by atoms with van der Waals surface area (Å²) in [6, 6.07) is 0. The molecular weight excluding hydrogens is 144 g/mol. The molecule has 4 heteroatoms. The van der Waals surface area contributed by atoms with Crippen LogP contribution in [0.1, 0.15) is 6.42 Å². The summed E-state index contributed by atoms with van der Waals surface area (Å²) >= 11 is 0. The highest BCUT2D eigenvalue weighted by atomic mass is 16.3. The van der Waals surface area contributed by atoms with E-state index in [2.05, 4.69) is 10.6 Å². The lowest BCUT2D eigenvalue weighted by Crippen LogP contribution is -2.50. The Labute approximate surface area is 66.0 Å². The van der Waals surface area contributed by atoms with Gasteiger partial charge >= 0.3 is 0 Å². The Bertz CT molecular complexity index is 134. The van der Waals surface area contributed by atoms with Gasteiger partial charge in [-0.1, -0.05) is 0 Å². The molecule has 1 saturated heterocycles. The first-order valence-corrected chi connectivity index (χ1v) is 3.94. The summed E-state index contributed by atoms with van der Waals surface area (Å²) in [6.45, 7) is 2.32. The maximum absolute atomic E-state index is 11.1. The van der Waals surface area contributed by atoms with Gasteiger partial charge < -0.3 is 15.7 Å². The van der Waals surface area contributed by atoms with Gasteiger partial charge in [0.2, 0.25) is 5.91 Å². The van der Waals surface area contributed by atoms with Crippen molar-refractivity contribution >= 4 is 5.91 Å². The van der Waals surface area contributed by atoms with Gasteiger partial charge in [-0.05, 0) is 6.42 Å². The van der Waals surface area contributed by atoms with Crippen molar-refractivity contribution in [2.45, 2.75) is 6.42 Å². The van der Waals surface area contributed by atoms with Gasteiger partial charge in [0.1, 0.15) is 0 Å². The fraction of sp³-hybridized carbons (Fsp3) is 0.857. The highest BCUT2D eigenvalue weighted by Crippen LogP contribution is 2.01. The second-order valence-corrected chi connectivity index (χ2v) is 2.72. The van der Waals surface area contributed by atoms with E-state index in [1.54, 1.807) is 0 Å². The monoisotopic (exact) mass is 158 g/mol. The minimum atomic E-state index is 0.109. The summed E-state index contributed by atoms with van der Waals surface area (Å²) in [5, 5.41) is 14.2. The van der Waals surface area contributed by atoms with Gasteiger partial charge in [-0.3, -0.25) is 4.79 Å². The van der Waals surface area contributed by atoms with Crippen molar-refractivity contribution in [1.29, 1.82) is 0 Å². The van der Waals surface area contributed by atoms with Crippen molar-refractivity contribution < 1.29 is 9.90 Å². The molecule has 0 aromatic carbocycles. The molecule has 0 unspecified atom stereocenters. The van der Waals surface area contributed by atoms with Gasteiger partial charge in [-0.25, -0.2) is 0 Å². The molecule has 0 saturated carbocycles. The molecule has 0 radical (unpaired) electrons. The molecular formula is C7H14N2O2. The van der Waals surface area contributed by atoms with Crippen molar-refractivity contribution in [3.63, 3.8) is 0 Å². The van der Waals surface area contributed by atoms with Gasteiger partial charge in [0.25, 0.3) is 0 Å². The number of amides is 1. The Kier molecular flexibility index (Phi) is 3.32. The van der Waals surface area contributed by atoms with E-state index in [4.69, 9.17) is 5.11 Å². The lowest BCUT2D eigenvalue weighted by atomic mass is 10.0. The molecule has 1 heterocycles. The summed E-state index contributed by atoms with van der Waals surface area (Å²) in [5.41, 5.74) is 0. The van der Waals surface area contributed by atoms with E-state index >= 15 is 0 Å². The quantitative estimate of drug-likeness (QED) is 0.446.